The van der Waals surface area contributed by atoms with Crippen LogP contribution < -0.4 is 105 Å². The third kappa shape index (κ3) is 11.4. The van der Waals surface area contributed by atoms with Gasteiger partial charge < -0.3 is 25.7 Å². The Balaban J connectivity index is 0.00000300. The summed E-state index contributed by atoms with van der Waals surface area (Å²) >= 11 is 0. The molecule has 0 amide bonds. The second kappa shape index (κ2) is 19.7. The van der Waals surface area contributed by atoms with Crippen LogP contribution in [0.4, 0.5) is 45.5 Å². The summed E-state index contributed by atoms with van der Waals surface area (Å²) in [6, 6.07) is 25.8. The van der Waals surface area contributed by atoms with Gasteiger partial charge in [-0.05, 0) is 83.2 Å². The molecule has 0 aliphatic carbocycles. The Morgan fingerprint density at radius 2 is 1.02 bits per heavy atom. The Bertz CT molecular complexity index is 2920. The largest absolute Gasteiger partial charge is 1.00 e. The fourth-order valence-corrected chi connectivity index (χ4v) is 6.94. The maximum Gasteiger partial charge on any atom is 1.00 e. The molecule has 0 bridgehead atoms. The first-order valence-electron chi connectivity index (χ1n) is 15.3. The van der Waals surface area contributed by atoms with Gasteiger partial charge >= 0.3 is 88.7 Å². The van der Waals surface area contributed by atoms with Crippen molar-refractivity contribution >= 4 is 86.6 Å². The molecule has 0 aliphatic heterocycles. The van der Waals surface area contributed by atoms with Crippen LogP contribution in [0.3, 0.4) is 0 Å². The first-order chi connectivity index (χ1) is 25.9. The zero-order valence-electron chi connectivity index (χ0n) is 30.6. The van der Waals surface area contributed by atoms with Crippen molar-refractivity contribution in [3.8, 4) is 16.9 Å². The molecule has 24 heteroatoms. The molecule has 0 spiro atoms. The van der Waals surface area contributed by atoms with Crippen LogP contribution >= 0.6 is 0 Å². The fraction of sp³-hybridized carbons (Fsp3) is 0. The van der Waals surface area contributed by atoms with Gasteiger partial charge in [0.05, 0.1) is 43.9 Å². The number of nitrogen functional groups attached to an aromatic ring is 2. The molecule has 5 N–H and O–H groups in total. The Kier molecular flexibility index (Phi) is 16.6. The number of hydrogen-bond acceptors (Lipinski definition) is 17. The minimum atomic E-state index is -5.34. The molecular weight excluding hydrogens is 846 g/mol. The van der Waals surface area contributed by atoms with E-state index in [2.05, 4.69) is 30.7 Å². The number of nitrogens with two attached hydrogens (primary N) is 2. The van der Waals surface area contributed by atoms with E-state index in [1.807, 2.05) is 0 Å². The van der Waals surface area contributed by atoms with E-state index >= 15 is 0 Å². The van der Waals surface area contributed by atoms with Gasteiger partial charge in [0.15, 0.2) is 0 Å². The molecule has 58 heavy (non-hydrogen) atoms. The second-order valence-electron chi connectivity index (χ2n) is 11.4. The van der Waals surface area contributed by atoms with Crippen LogP contribution in [0.1, 0.15) is 0 Å². The van der Waals surface area contributed by atoms with Crippen molar-refractivity contribution in [2.75, 3.05) is 11.5 Å². The molecule has 6 aromatic carbocycles. The summed E-state index contributed by atoms with van der Waals surface area (Å²) < 4.78 is 105. The molecule has 280 valence electrons. The number of nitrogens with zero attached hydrogens (tertiary/aromatic N) is 6. The van der Waals surface area contributed by atoms with Crippen molar-refractivity contribution in [3.05, 3.63) is 109 Å². The normalized spacial score (nSPS) is 12.1. The summed E-state index contributed by atoms with van der Waals surface area (Å²) in [4.78, 5) is -2.50. The number of azo groups is 3. The molecule has 0 saturated carbocycles. The maximum absolute atomic E-state index is 13.6. The Hall–Kier alpha value is -3.49. The molecule has 0 saturated heterocycles. The molecule has 0 aliphatic rings. The van der Waals surface area contributed by atoms with Crippen molar-refractivity contribution < 1.29 is 133 Å². The van der Waals surface area contributed by atoms with E-state index < -0.39 is 78.6 Å². The minimum Gasteiger partial charge on any atom is -0.870 e. The average molecular weight is 869 g/mol. The van der Waals surface area contributed by atoms with Gasteiger partial charge in [-0.2, -0.15) is 23.8 Å². The first-order valence-corrected chi connectivity index (χ1v) is 19.6. The molecule has 18 nitrogen and oxygen atoms in total. The van der Waals surface area contributed by atoms with E-state index in [0.29, 0.717) is 17.3 Å². The summed E-state index contributed by atoms with van der Waals surface area (Å²) in [5.74, 6) is -1.15. The Labute approximate surface area is 397 Å². The monoisotopic (exact) mass is 868 g/mol. The zero-order chi connectivity index (χ0) is 39.7. The van der Waals surface area contributed by atoms with Crippen molar-refractivity contribution in [1.82, 2.24) is 0 Å². The molecule has 0 aromatic heterocycles. The first kappa shape index (κ1) is 48.9. The van der Waals surface area contributed by atoms with E-state index in [1.54, 1.807) is 54.6 Å². The standard InChI is InChI=1S/C34H26N8O10S3.3Na/c35-26-18-25(53(44,45)46)14-15-27(26)40-37-23-10-6-19(7-11-23)20-8-12-24(13-9-20)39-41-32-28(54(47,48)49)16-21-17-29(55(50,51)52)33(34(43)30(21)31(32)36)42-38-22-4-2-1-3-5-22;;;/h1-18,43H,35-36H2,(H,44,45,46)(H,47,48,49)(H,50,51,52);;;/q;3*+1/p-3. The van der Waals surface area contributed by atoms with Crippen molar-refractivity contribution in [1.29, 1.82) is 0 Å². The number of rotatable bonds is 10. The van der Waals surface area contributed by atoms with Crippen molar-refractivity contribution in [3.63, 3.8) is 0 Å². The predicted octanol–water partition coefficient (Wildman–Crippen LogP) is -1.94. The molecule has 0 unspecified atom stereocenters. The van der Waals surface area contributed by atoms with Crippen molar-refractivity contribution in [2.24, 2.45) is 30.7 Å². The maximum atomic E-state index is 13.6. The van der Waals surface area contributed by atoms with Gasteiger partial charge in [-0.3, -0.25) is 4.55 Å². The molecular formula is C34H23N8Na3O10S3. The Morgan fingerprint density at radius 1 is 0.534 bits per heavy atom. The summed E-state index contributed by atoms with van der Waals surface area (Å²) in [6.07, 6.45) is 0. The van der Waals surface area contributed by atoms with Crippen LogP contribution in [0, 0.1) is 0 Å². The molecule has 6 aromatic rings. The van der Waals surface area contributed by atoms with Crippen LogP contribution in [-0.2, 0) is 30.4 Å². The summed E-state index contributed by atoms with van der Waals surface area (Å²) in [5.41, 5.74) is 12.3. The number of anilines is 2. The van der Waals surface area contributed by atoms with Gasteiger partial charge in [0.2, 0.25) is 0 Å². The van der Waals surface area contributed by atoms with Gasteiger partial charge in [0, 0.05) is 5.39 Å². The third-order valence-electron chi connectivity index (χ3n) is 7.76. The quantitative estimate of drug-likeness (QED) is 0.0586. The molecule has 0 heterocycles. The molecule has 6 rings (SSSR count). The van der Waals surface area contributed by atoms with Crippen molar-refractivity contribution in [2.45, 2.75) is 14.7 Å². The number of hydrogen-bond donors (Lipinski definition) is 3. The van der Waals surface area contributed by atoms with Crippen LogP contribution in [0.2, 0.25) is 0 Å². The summed E-state index contributed by atoms with van der Waals surface area (Å²) in [5, 5.41) is 36.3. The van der Waals surface area contributed by atoms with Gasteiger partial charge in [-0.25, -0.2) is 16.8 Å². The van der Waals surface area contributed by atoms with Crippen LogP contribution in [-0.4, -0.2) is 38.9 Å². The SMILES string of the molecule is Nc1cc(S(=O)(=O)[O-])ccc1N=Nc1ccc(-c2ccc(N=Nc3c(S(=O)(=O)[O-])cc4cc(S(=O)(=O)O)c(N=Nc5ccccc5)c([O-])c4c3N)cc2)cc1.[Na+].[Na+].[Na+]. The van der Waals surface area contributed by atoms with Gasteiger partial charge in [0.25, 0.3) is 10.1 Å². The van der Waals surface area contributed by atoms with Crippen LogP contribution in [0.25, 0.3) is 21.9 Å². The summed E-state index contributed by atoms with van der Waals surface area (Å²) in [7, 11) is -15.1. The number of benzene rings is 6. The molecule has 0 radical (unpaired) electrons. The average Bonchev–Trinajstić information content (AvgIpc) is 3.13. The topological polar surface area (TPSA) is 318 Å². The fourth-order valence-electron chi connectivity index (χ4n) is 5.12. The summed E-state index contributed by atoms with van der Waals surface area (Å²) in [6.45, 7) is 0. The molecule has 0 atom stereocenters. The van der Waals surface area contributed by atoms with E-state index in [1.165, 1.54) is 30.3 Å². The third-order valence-corrected chi connectivity index (χ3v) is 10.3. The zero-order valence-corrected chi connectivity index (χ0v) is 39.0. The minimum absolute atomic E-state index is 0. The van der Waals surface area contributed by atoms with E-state index in [-0.39, 0.29) is 111 Å². The van der Waals surface area contributed by atoms with Gasteiger partial charge in [0.1, 0.15) is 36.5 Å². The van der Waals surface area contributed by atoms with Crippen LogP contribution in [0.5, 0.6) is 5.75 Å². The Morgan fingerprint density at radius 3 is 1.50 bits per heavy atom. The van der Waals surface area contributed by atoms with Gasteiger partial charge in [-0.1, -0.05) is 48.2 Å². The predicted molar refractivity (Wildman–Crippen MR) is 195 cm³/mol. The van der Waals surface area contributed by atoms with Gasteiger partial charge in [-0.15, -0.1) is 15.3 Å². The van der Waals surface area contributed by atoms with Crippen LogP contribution in [0.15, 0.2) is 155 Å². The number of fused-ring (bicyclic) bond motifs is 1. The van der Waals surface area contributed by atoms with E-state index in [0.717, 1.165) is 23.8 Å². The van der Waals surface area contributed by atoms with E-state index in [9.17, 15) is 44.0 Å². The van der Waals surface area contributed by atoms with E-state index in [4.69, 9.17) is 11.5 Å². The smallest absolute Gasteiger partial charge is 0.870 e. The second-order valence-corrected chi connectivity index (χ2v) is 15.5. The molecule has 0 fully saturated rings.